The summed E-state index contributed by atoms with van der Waals surface area (Å²) in [4.78, 5) is 12.6. The quantitative estimate of drug-likeness (QED) is 0.560. The van der Waals surface area contributed by atoms with Crippen molar-refractivity contribution in [3.05, 3.63) is 23.8 Å². The second-order valence-corrected chi connectivity index (χ2v) is 8.96. The van der Waals surface area contributed by atoms with Crippen LogP contribution in [0.1, 0.15) is 79.1 Å². The maximum Gasteiger partial charge on any atom is 0.135 e. The molecule has 2 rings (SSSR count). The molecular weight excluding hydrogens is 336 g/mol. The van der Waals surface area contributed by atoms with Gasteiger partial charge in [0.2, 0.25) is 0 Å². The van der Waals surface area contributed by atoms with E-state index >= 15 is 0 Å². The van der Waals surface area contributed by atoms with E-state index in [0.29, 0.717) is 48.7 Å². The minimum atomic E-state index is -0.436. The molecule has 27 heavy (non-hydrogen) atoms. The Morgan fingerprint density at radius 1 is 1.22 bits per heavy atom. The SMILES string of the molecule is CCC(O)C[C@H](O)CCC1C(C)C=CC2=CCC[C@H](CC(=O)C(C)CC)C21. The Kier molecular flexibility index (Phi) is 8.75. The van der Waals surface area contributed by atoms with Gasteiger partial charge in [-0.05, 0) is 74.2 Å². The van der Waals surface area contributed by atoms with E-state index in [2.05, 4.69) is 39.0 Å². The lowest BCUT2D eigenvalue weighted by Gasteiger charge is -2.42. The molecule has 0 aliphatic heterocycles. The number of aliphatic hydroxyl groups is 2. The molecule has 0 aromatic carbocycles. The highest BCUT2D eigenvalue weighted by molar-refractivity contribution is 5.80. The van der Waals surface area contributed by atoms with Crippen LogP contribution < -0.4 is 0 Å². The number of ketones is 1. The van der Waals surface area contributed by atoms with Crippen molar-refractivity contribution >= 4 is 5.78 Å². The lowest BCUT2D eigenvalue weighted by Crippen LogP contribution is -2.35. The third-order valence-electron chi connectivity index (χ3n) is 7.01. The number of allylic oxidation sites excluding steroid dienone is 4. The number of carbonyl (C=O) groups excluding carboxylic acids is 1. The maximum absolute atomic E-state index is 12.6. The molecule has 2 aliphatic carbocycles. The maximum atomic E-state index is 12.6. The molecule has 154 valence electrons. The first-order valence-corrected chi connectivity index (χ1v) is 11.1. The average Bonchev–Trinajstić information content (AvgIpc) is 2.66. The molecule has 7 atom stereocenters. The third-order valence-corrected chi connectivity index (χ3v) is 7.01. The van der Waals surface area contributed by atoms with Gasteiger partial charge in [-0.2, -0.15) is 0 Å². The number of Topliss-reactive ketones (excluding diaryl/α,β-unsaturated/α-hetero) is 1. The summed E-state index contributed by atoms with van der Waals surface area (Å²) < 4.78 is 0. The summed E-state index contributed by atoms with van der Waals surface area (Å²) in [5, 5.41) is 20.1. The molecule has 0 heterocycles. The minimum Gasteiger partial charge on any atom is -0.393 e. The first-order chi connectivity index (χ1) is 12.9. The fraction of sp³-hybridized carbons (Fsp3) is 0.792. The van der Waals surface area contributed by atoms with Crippen LogP contribution >= 0.6 is 0 Å². The zero-order chi connectivity index (χ0) is 20.0. The summed E-state index contributed by atoms with van der Waals surface area (Å²) in [5.41, 5.74) is 1.41. The highest BCUT2D eigenvalue weighted by Crippen LogP contribution is 2.46. The van der Waals surface area contributed by atoms with E-state index in [9.17, 15) is 15.0 Å². The molecule has 0 aromatic heterocycles. The van der Waals surface area contributed by atoms with E-state index in [0.717, 1.165) is 32.1 Å². The van der Waals surface area contributed by atoms with Gasteiger partial charge in [-0.3, -0.25) is 4.79 Å². The van der Waals surface area contributed by atoms with Crippen LogP contribution in [-0.4, -0.2) is 28.2 Å². The molecule has 2 N–H and O–H groups in total. The van der Waals surface area contributed by atoms with Gasteiger partial charge in [-0.15, -0.1) is 0 Å². The normalized spacial score (nSPS) is 31.0. The Morgan fingerprint density at radius 2 is 1.96 bits per heavy atom. The number of fused-ring (bicyclic) bond motifs is 1. The molecule has 0 saturated heterocycles. The van der Waals surface area contributed by atoms with Gasteiger partial charge >= 0.3 is 0 Å². The van der Waals surface area contributed by atoms with Crippen LogP contribution in [0, 0.1) is 29.6 Å². The fourth-order valence-corrected chi connectivity index (χ4v) is 4.90. The average molecular weight is 377 g/mol. The summed E-state index contributed by atoms with van der Waals surface area (Å²) in [6, 6.07) is 0. The Labute approximate surface area is 165 Å². The summed E-state index contributed by atoms with van der Waals surface area (Å²) in [6.07, 6.45) is 12.7. The van der Waals surface area contributed by atoms with E-state index < -0.39 is 12.2 Å². The zero-order valence-electron chi connectivity index (χ0n) is 17.7. The summed E-state index contributed by atoms with van der Waals surface area (Å²) in [6.45, 7) is 8.37. The molecule has 3 heteroatoms. The Balaban J connectivity index is 2.07. The van der Waals surface area contributed by atoms with E-state index in [1.807, 2.05) is 6.92 Å². The molecule has 0 aromatic rings. The van der Waals surface area contributed by atoms with Gasteiger partial charge in [-0.25, -0.2) is 0 Å². The molecule has 0 saturated carbocycles. The molecule has 0 fully saturated rings. The summed E-state index contributed by atoms with van der Waals surface area (Å²) in [7, 11) is 0. The fourth-order valence-electron chi connectivity index (χ4n) is 4.90. The van der Waals surface area contributed by atoms with E-state index in [1.165, 1.54) is 5.57 Å². The van der Waals surface area contributed by atoms with Gasteiger partial charge in [0.1, 0.15) is 5.78 Å². The molecule has 0 bridgehead atoms. The highest BCUT2D eigenvalue weighted by atomic mass is 16.3. The minimum absolute atomic E-state index is 0.159. The van der Waals surface area contributed by atoms with Crippen molar-refractivity contribution in [3.8, 4) is 0 Å². The van der Waals surface area contributed by atoms with Crippen molar-refractivity contribution in [2.75, 3.05) is 0 Å². The van der Waals surface area contributed by atoms with E-state index in [4.69, 9.17) is 0 Å². The predicted octanol–water partition coefficient (Wildman–Crippen LogP) is 5.07. The van der Waals surface area contributed by atoms with E-state index in [-0.39, 0.29) is 5.92 Å². The number of hydrogen-bond donors (Lipinski definition) is 2. The second-order valence-electron chi connectivity index (χ2n) is 8.96. The van der Waals surface area contributed by atoms with Gasteiger partial charge in [0.05, 0.1) is 12.2 Å². The number of aliphatic hydroxyl groups excluding tert-OH is 2. The van der Waals surface area contributed by atoms with Crippen LogP contribution in [0.25, 0.3) is 0 Å². The van der Waals surface area contributed by atoms with Crippen molar-refractivity contribution in [2.24, 2.45) is 29.6 Å². The van der Waals surface area contributed by atoms with Gasteiger partial charge < -0.3 is 10.2 Å². The molecular formula is C24H40O3. The predicted molar refractivity (Wildman–Crippen MR) is 111 cm³/mol. The van der Waals surface area contributed by atoms with Crippen LogP contribution in [-0.2, 0) is 4.79 Å². The zero-order valence-corrected chi connectivity index (χ0v) is 17.7. The number of rotatable bonds is 10. The van der Waals surface area contributed by atoms with Crippen molar-refractivity contribution in [3.63, 3.8) is 0 Å². The van der Waals surface area contributed by atoms with Gasteiger partial charge in [-0.1, -0.05) is 45.9 Å². The Morgan fingerprint density at radius 3 is 2.63 bits per heavy atom. The summed E-state index contributed by atoms with van der Waals surface area (Å²) in [5.74, 6) is 2.39. The molecule has 3 nitrogen and oxygen atoms in total. The first-order valence-electron chi connectivity index (χ1n) is 11.1. The second kappa shape index (κ2) is 10.6. The van der Waals surface area contributed by atoms with E-state index in [1.54, 1.807) is 0 Å². The van der Waals surface area contributed by atoms with Crippen LogP contribution in [0.5, 0.6) is 0 Å². The standard InChI is InChI=1S/C24H40O3/c1-5-16(3)23(27)14-19-9-7-8-18-11-10-17(4)22(24(18)19)13-12-21(26)15-20(25)6-2/h8,10-11,16-17,19-22,24-26H,5-7,9,12-15H2,1-4H3/t16?,17?,19-,20?,21-,22?,24?/m1/s1. The highest BCUT2D eigenvalue weighted by Gasteiger charge is 2.38. The lowest BCUT2D eigenvalue weighted by molar-refractivity contribution is -0.124. The lowest BCUT2D eigenvalue weighted by atomic mass is 9.62. The number of carbonyl (C=O) groups is 1. The first kappa shape index (κ1) is 22.4. The monoisotopic (exact) mass is 376 g/mol. The van der Waals surface area contributed by atoms with Crippen molar-refractivity contribution in [1.29, 1.82) is 0 Å². The van der Waals surface area contributed by atoms with Crippen molar-refractivity contribution in [2.45, 2.75) is 91.3 Å². The van der Waals surface area contributed by atoms with Gasteiger partial charge in [0.15, 0.2) is 0 Å². The smallest absolute Gasteiger partial charge is 0.135 e. The molecule has 0 amide bonds. The molecule has 0 radical (unpaired) electrons. The van der Waals surface area contributed by atoms with Crippen LogP contribution in [0.2, 0.25) is 0 Å². The Hall–Kier alpha value is -0.930. The van der Waals surface area contributed by atoms with Crippen LogP contribution in [0.4, 0.5) is 0 Å². The van der Waals surface area contributed by atoms with Crippen LogP contribution in [0.3, 0.4) is 0 Å². The largest absolute Gasteiger partial charge is 0.393 e. The van der Waals surface area contributed by atoms with Crippen molar-refractivity contribution in [1.82, 2.24) is 0 Å². The van der Waals surface area contributed by atoms with Crippen molar-refractivity contribution < 1.29 is 15.0 Å². The number of hydrogen-bond acceptors (Lipinski definition) is 3. The molecule has 0 spiro atoms. The summed E-state index contributed by atoms with van der Waals surface area (Å²) >= 11 is 0. The van der Waals surface area contributed by atoms with Crippen LogP contribution in [0.15, 0.2) is 23.8 Å². The molecule has 2 aliphatic rings. The topological polar surface area (TPSA) is 57.5 Å². The van der Waals surface area contributed by atoms with Gasteiger partial charge in [0, 0.05) is 12.3 Å². The third kappa shape index (κ3) is 6.02. The Bertz CT molecular complexity index is 536. The molecule has 5 unspecified atom stereocenters. The van der Waals surface area contributed by atoms with Gasteiger partial charge in [0.25, 0.3) is 0 Å².